The van der Waals surface area contributed by atoms with Crippen molar-refractivity contribution in [3.8, 4) is 11.1 Å². The number of carbonyl (C=O) groups is 2. The van der Waals surface area contributed by atoms with Gasteiger partial charge in [0, 0.05) is 43.5 Å². The summed E-state index contributed by atoms with van der Waals surface area (Å²) >= 11 is 0. The highest BCUT2D eigenvalue weighted by Gasteiger charge is 2.32. The number of rotatable bonds is 11. The molecule has 2 heterocycles. The number of hydrogen-bond acceptors (Lipinski definition) is 8. The zero-order valence-electron chi connectivity index (χ0n) is 31.9. The number of fused-ring (bicyclic) bond motifs is 1. The Balaban J connectivity index is 1.34. The molecule has 0 saturated carbocycles. The van der Waals surface area contributed by atoms with Crippen molar-refractivity contribution in [2.45, 2.75) is 78.9 Å². The van der Waals surface area contributed by atoms with Crippen LogP contribution in [-0.2, 0) is 28.8 Å². The van der Waals surface area contributed by atoms with Crippen molar-refractivity contribution in [3.63, 3.8) is 0 Å². The summed E-state index contributed by atoms with van der Waals surface area (Å²) in [7, 11) is 1.65. The third kappa shape index (κ3) is 10.8. The standard InChI is InChI=1S/C41H45F3N6O5/c1-25-18-35-34(23-33(25)29-14-17-50(36(51)21-29)16-11-15-49(7)39(53)54-24-28-12-9-8-10-13-28)37(47-27(3)46-35)45-26(2)30-19-31(41(42,43)44)22-32(20-30)48-38(52)55-40(4,5)6/h8-10,12-14,17-23,26H,11,15-16,24H2,1-7H3,(H,48,52)(H,45,46,47)/t26-/m1/s1. The average molecular weight is 759 g/mol. The molecule has 3 aromatic carbocycles. The summed E-state index contributed by atoms with van der Waals surface area (Å²) in [6.45, 7) is 11.2. The van der Waals surface area contributed by atoms with E-state index in [1.807, 2.05) is 55.5 Å². The summed E-state index contributed by atoms with van der Waals surface area (Å²) in [6, 6.07) is 19.1. The monoisotopic (exact) mass is 758 g/mol. The number of aryl methyl sites for hydroxylation is 3. The number of carbonyl (C=O) groups excluding carboxylic acids is 2. The zero-order chi connectivity index (χ0) is 40.1. The van der Waals surface area contributed by atoms with Crippen LogP contribution in [0, 0.1) is 13.8 Å². The van der Waals surface area contributed by atoms with E-state index >= 15 is 0 Å². The van der Waals surface area contributed by atoms with Crippen LogP contribution in [0.25, 0.3) is 22.0 Å². The second-order valence-electron chi connectivity index (χ2n) is 14.4. The molecule has 0 aliphatic carbocycles. The number of benzene rings is 3. The summed E-state index contributed by atoms with van der Waals surface area (Å²) < 4.78 is 54.1. The van der Waals surface area contributed by atoms with Crippen molar-refractivity contribution < 1.29 is 32.2 Å². The van der Waals surface area contributed by atoms with Gasteiger partial charge in [0.2, 0.25) is 0 Å². The number of alkyl halides is 3. The van der Waals surface area contributed by atoms with Crippen LogP contribution >= 0.6 is 0 Å². The number of anilines is 2. The average Bonchev–Trinajstić information content (AvgIpc) is 3.10. The molecule has 2 aromatic heterocycles. The molecule has 0 unspecified atom stereocenters. The Hall–Kier alpha value is -5.92. The topological polar surface area (TPSA) is 128 Å². The van der Waals surface area contributed by atoms with Gasteiger partial charge in [-0.25, -0.2) is 19.6 Å². The number of halogens is 3. The van der Waals surface area contributed by atoms with Crippen LogP contribution in [0.3, 0.4) is 0 Å². The lowest BCUT2D eigenvalue weighted by molar-refractivity contribution is -0.137. The molecule has 5 rings (SSSR count). The maximum Gasteiger partial charge on any atom is 0.416 e. The van der Waals surface area contributed by atoms with Gasteiger partial charge in [-0.05, 0) is 112 Å². The molecule has 0 fully saturated rings. The minimum Gasteiger partial charge on any atom is -0.445 e. The van der Waals surface area contributed by atoms with Gasteiger partial charge >= 0.3 is 18.4 Å². The molecule has 0 spiro atoms. The lowest BCUT2D eigenvalue weighted by Crippen LogP contribution is -2.30. The number of ether oxygens (including phenoxy) is 2. The van der Waals surface area contributed by atoms with Crippen molar-refractivity contribution >= 4 is 34.6 Å². The van der Waals surface area contributed by atoms with Gasteiger partial charge in [0.25, 0.3) is 5.56 Å². The predicted octanol–water partition coefficient (Wildman–Crippen LogP) is 9.27. The number of pyridine rings is 1. The van der Waals surface area contributed by atoms with Crippen molar-refractivity contribution in [2.24, 2.45) is 0 Å². The fourth-order valence-electron chi connectivity index (χ4n) is 5.92. The van der Waals surface area contributed by atoms with Crippen LogP contribution in [0.5, 0.6) is 0 Å². The zero-order valence-corrected chi connectivity index (χ0v) is 31.9. The first-order chi connectivity index (χ1) is 25.9. The van der Waals surface area contributed by atoms with Crippen LogP contribution in [0.1, 0.15) is 68.2 Å². The SMILES string of the molecule is Cc1nc(N[C@H](C)c2cc(NC(=O)OC(C)(C)C)cc(C(F)(F)F)c2)c2cc(-c3ccn(CCCN(C)C(=O)OCc4ccccc4)c(=O)c3)c(C)cc2n1. The number of hydrogen-bond donors (Lipinski definition) is 2. The Morgan fingerprint density at radius 2 is 1.69 bits per heavy atom. The molecule has 2 N–H and O–H groups in total. The molecule has 290 valence electrons. The Kier molecular flexibility index (Phi) is 12.2. The van der Waals surface area contributed by atoms with E-state index in [4.69, 9.17) is 9.47 Å². The van der Waals surface area contributed by atoms with E-state index in [-0.39, 0.29) is 23.4 Å². The summed E-state index contributed by atoms with van der Waals surface area (Å²) in [4.78, 5) is 48.8. The molecule has 5 aromatic rings. The molecular formula is C41H45F3N6O5. The Bertz CT molecular complexity index is 2240. The van der Waals surface area contributed by atoms with E-state index in [1.165, 1.54) is 11.0 Å². The van der Waals surface area contributed by atoms with Crippen molar-refractivity contribution in [3.05, 3.63) is 117 Å². The molecular weight excluding hydrogens is 713 g/mol. The van der Waals surface area contributed by atoms with Crippen molar-refractivity contribution in [1.29, 1.82) is 0 Å². The highest BCUT2D eigenvalue weighted by Crippen LogP contribution is 2.36. The summed E-state index contributed by atoms with van der Waals surface area (Å²) in [5.74, 6) is 0.832. The minimum absolute atomic E-state index is 0.0718. The fraction of sp³-hybridized carbons (Fsp3) is 0.341. The van der Waals surface area contributed by atoms with Gasteiger partial charge in [-0.3, -0.25) is 10.1 Å². The first kappa shape index (κ1) is 40.3. The van der Waals surface area contributed by atoms with Crippen LogP contribution in [0.4, 0.5) is 34.3 Å². The highest BCUT2D eigenvalue weighted by atomic mass is 19.4. The maximum atomic E-state index is 14.0. The van der Waals surface area contributed by atoms with Gasteiger partial charge < -0.3 is 24.3 Å². The summed E-state index contributed by atoms with van der Waals surface area (Å²) in [5.41, 5.74) is 1.94. The largest absolute Gasteiger partial charge is 0.445 e. The van der Waals surface area contributed by atoms with E-state index in [2.05, 4.69) is 20.6 Å². The number of amides is 2. The second-order valence-corrected chi connectivity index (χ2v) is 14.4. The molecule has 0 aliphatic heterocycles. The Morgan fingerprint density at radius 3 is 2.36 bits per heavy atom. The molecule has 14 heteroatoms. The van der Waals surface area contributed by atoms with E-state index < -0.39 is 35.6 Å². The number of nitrogens with one attached hydrogen (secondary N) is 2. The second kappa shape index (κ2) is 16.6. The van der Waals surface area contributed by atoms with E-state index in [1.54, 1.807) is 58.5 Å². The molecule has 2 amide bonds. The third-order valence-corrected chi connectivity index (χ3v) is 8.65. The Labute approximate surface area is 317 Å². The maximum absolute atomic E-state index is 14.0. The first-order valence-corrected chi connectivity index (χ1v) is 17.8. The lowest BCUT2D eigenvalue weighted by atomic mass is 9.98. The van der Waals surface area contributed by atoms with Crippen LogP contribution in [-0.4, -0.2) is 50.8 Å². The first-order valence-electron chi connectivity index (χ1n) is 17.8. The highest BCUT2D eigenvalue weighted by molar-refractivity contribution is 5.94. The van der Waals surface area contributed by atoms with E-state index in [0.717, 1.165) is 28.8 Å². The van der Waals surface area contributed by atoms with E-state index in [0.29, 0.717) is 47.6 Å². The lowest BCUT2D eigenvalue weighted by Gasteiger charge is -2.22. The molecule has 11 nitrogen and oxygen atoms in total. The molecule has 0 bridgehead atoms. The Morgan fingerprint density at radius 1 is 0.964 bits per heavy atom. The van der Waals surface area contributed by atoms with Crippen LogP contribution in [0.2, 0.25) is 0 Å². The summed E-state index contributed by atoms with van der Waals surface area (Å²) in [6.07, 6.45) is -3.77. The molecule has 1 atom stereocenters. The molecule has 55 heavy (non-hydrogen) atoms. The normalized spacial score (nSPS) is 12.3. The van der Waals surface area contributed by atoms with Crippen molar-refractivity contribution in [1.82, 2.24) is 19.4 Å². The van der Waals surface area contributed by atoms with Crippen LogP contribution < -0.4 is 16.2 Å². The van der Waals surface area contributed by atoms with Gasteiger partial charge in [0.15, 0.2) is 0 Å². The minimum atomic E-state index is -4.67. The third-order valence-electron chi connectivity index (χ3n) is 8.65. The van der Waals surface area contributed by atoms with E-state index in [9.17, 15) is 27.6 Å². The predicted molar refractivity (Wildman–Crippen MR) is 206 cm³/mol. The number of aromatic nitrogens is 3. The van der Waals surface area contributed by atoms with Crippen molar-refractivity contribution in [2.75, 3.05) is 24.2 Å². The van der Waals surface area contributed by atoms with Gasteiger partial charge in [-0.2, -0.15) is 13.2 Å². The smallest absolute Gasteiger partial charge is 0.416 e. The molecule has 0 radical (unpaired) electrons. The van der Waals surface area contributed by atoms with Gasteiger partial charge in [-0.1, -0.05) is 30.3 Å². The summed E-state index contributed by atoms with van der Waals surface area (Å²) in [5, 5.41) is 6.27. The fourth-order valence-corrected chi connectivity index (χ4v) is 5.92. The van der Waals surface area contributed by atoms with Crippen LogP contribution in [0.15, 0.2) is 83.8 Å². The number of nitrogens with zero attached hydrogens (tertiary/aromatic N) is 4. The molecule has 0 saturated heterocycles. The van der Waals surface area contributed by atoms with Gasteiger partial charge in [-0.15, -0.1) is 0 Å². The van der Waals surface area contributed by atoms with Gasteiger partial charge in [0.1, 0.15) is 23.9 Å². The van der Waals surface area contributed by atoms with Gasteiger partial charge in [0.05, 0.1) is 17.1 Å². The quantitative estimate of drug-likeness (QED) is 0.137. The molecule has 0 aliphatic rings.